The van der Waals surface area contributed by atoms with Gasteiger partial charge in [-0.2, -0.15) is 17.0 Å². The van der Waals surface area contributed by atoms with Gasteiger partial charge in [-0.25, -0.2) is 0 Å². The van der Waals surface area contributed by atoms with Crippen molar-refractivity contribution in [2.24, 2.45) is 0 Å². The summed E-state index contributed by atoms with van der Waals surface area (Å²) >= 11 is 0. The zero-order chi connectivity index (χ0) is 15.3. The molecule has 20 heavy (non-hydrogen) atoms. The lowest BCUT2D eigenvalue weighted by molar-refractivity contribution is -0.126. The van der Waals surface area contributed by atoms with E-state index in [0.717, 1.165) is 0 Å². The zero-order valence-electron chi connectivity index (χ0n) is 12.4. The minimum Gasteiger partial charge on any atom is -0.351 e. The van der Waals surface area contributed by atoms with Crippen LogP contribution < -0.4 is 5.32 Å². The number of nitrogens with one attached hydrogen (secondary N) is 1. The smallest absolute Gasteiger partial charge is 0.281 e. The molecule has 116 valence electrons. The third-order valence-electron chi connectivity index (χ3n) is 3.41. The van der Waals surface area contributed by atoms with E-state index in [9.17, 15) is 13.2 Å². The molecule has 1 amide bonds. The summed E-state index contributed by atoms with van der Waals surface area (Å²) in [5.41, 5.74) is 0. The Balaban J connectivity index is 2.54. The topological polar surface area (TPSA) is 73.0 Å². The molecule has 7 nitrogen and oxygen atoms in total. The van der Waals surface area contributed by atoms with Crippen LogP contribution in [0.1, 0.15) is 6.92 Å². The van der Waals surface area contributed by atoms with Crippen molar-refractivity contribution in [2.75, 3.05) is 46.8 Å². The van der Waals surface area contributed by atoms with E-state index < -0.39 is 10.2 Å². The first-order valence-corrected chi connectivity index (χ1v) is 8.00. The van der Waals surface area contributed by atoms with Crippen molar-refractivity contribution in [2.45, 2.75) is 13.0 Å². The summed E-state index contributed by atoms with van der Waals surface area (Å²) in [6.07, 6.45) is 1.63. The fourth-order valence-corrected chi connectivity index (χ4v) is 3.13. The summed E-state index contributed by atoms with van der Waals surface area (Å²) in [7, 11) is -0.316. The normalized spacial score (nSPS) is 19.8. The van der Waals surface area contributed by atoms with Crippen LogP contribution in [0.25, 0.3) is 0 Å². The second-order valence-electron chi connectivity index (χ2n) is 4.93. The van der Waals surface area contributed by atoms with E-state index in [1.165, 1.54) is 22.7 Å². The van der Waals surface area contributed by atoms with Crippen molar-refractivity contribution in [3.8, 4) is 0 Å². The van der Waals surface area contributed by atoms with Crippen LogP contribution in [0.15, 0.2) is 12.7 Å². The molecule has 0 bridgehead atoms. The van der Waals surface area contributed by atoms with E-state index >= 15 is 0 Å². The lowest BCUT2D eigenvalue weighted by atomic mass is 10.2. The second-order valence-corrected chi connectivity index (χ2v) is 7.08. The van der Waals surface area contributed by atoms with Crippen LogP contribution in [0.4, 0.5) is 0 Å². The first-order chi connectivity index (χ1) is 9.30. The van der Waals surface area contributed by atoms with Crippen LogP contribution in [0.3, 0.4) is 0 Å². The van der Waals surface area contributed by atoms with Gasteiger partial charge in [0.05, 0.1) is 6.04 Å². The van der Waals surface area contributed by atoms with E-state index in [1.54, 1.807) is 6.08 Å². The quantitative estimate of drug-likeness (QED) is 0.646. The Hall–Kier alpha value is -0.960. The number of hydrogen-bond acceptors (Lipinski definition) is 4. The number of carbonyl (C=O) groups excluding carboxylic acids is 1. The maximum absolute atomic E-state index is 12.0. The molecule has 0 spiro atoms. The molecule has 1 saturated heterocycles. The molecule has 0 saturated carbocycles. The molecule has 0 aromatic rings. The molecule has 1 N–H and O–H groups in total. The van der Waals surface area contributed by atoms with Crippen molar-refractivity contribution < 1.29 is 13.2 Å². The average molecular weight is 304 g/mol. The molecule has 0 unspecified atom stereocenters. The summed E-state index contributed by atoms with van der Waals surface area (Å²) in [6, 6.07) is -0.265. The number of rotatable bonds is 6. The molecular formula is C12H24N4O3S. The molecule has 1 fully saturated rings. The number of amides is 1. The van der Waals surface area contributed by atoms with Gasteiger partial charge in [0.2, 0.25) is 5.91 Å². The van der Waals surface area contributed by atoms with Crippen LogP contribution in [0.2, 0.25) is 0 Å². The van der Waals surface area contributed by atoms with Crippen LogP contribution in [-0.2, 0) is 15.0 Å². The predicted octanol–water partition coefficient (Wildman–Crippen LogP) is -0.899. The Kier molecular flexibility index (Phi) is 6.12. The Morgan fingerprint density at radius 3 is 2.35 bits per heavy atom. The third-order valence-corrected chi connectivity index (χ3v) is 5.35. The standard InChI is InChI=1S/C12H24N4O3S/c1-5-6-13-12(17)11(2)15-7-9-16(10-8-15)20(18,19)14(3)4/h5,11H,1,6-10H2,2-4H3,(H,13,17)/t11-/m0/s1. The van der Waals surface area contributed by atoms with Crippen molar-refractivity contribution >= 4 is 16.1 Å². The number of carbonyl (C=O) groups is 1. The molecule has 0 aliphatic carbocycles. The summed E-state index contributed by atoms with van der Waals surface area (Å²) in [6.45, 7) is 7.73. The molecule has 1 heterocycles. The summed E-state index contributed by atoms with van der Waals surface area (Å²) in [4.78, 5) is 13.8. The SMILES string of the molecule is C=CCNC(=O)[C@H](C)N1CCN(S(=O)(=O)N(C)C)CC1. The van der Waals surface area contributed by atoms with E-state index in [4.69, 9.17) is 0 Å². The maximum atomic E-state index is 12.0. The lowest BCUT2D eigenvalue weighted by Crippen LogP contribution is -2.56. The molecule has 1 rings (SSSR count). The van der Waals surface area contributed by atoms with E-state index in [2.05, 4.69) is 11.9 Å². The lowest BCUT2D eigenvalue weighted by Gasteiger charge is -2.37. The second kappa shape index (κ2) is 7.16. The summed E-state index contributed by atoms with van der Waals surface area (Å²) < 4.78 is 26.6. The number of nitrogens with zero attached hydrogens (tertiary/aromatic N) is 3. The Bertz CT molecular complexity index is 442. The van der Waals surface area contributed by atoms with E-state index in [-0.39, 0.29) is 11.9 Å². The third kappa shape index (κ3) is 4.02. The number of piperazine rings is 1. The van der Waals surface area contributed by atoms with Gasteiger partial charge in [0.25, 0.3) is 10.2 Å². The van der Waals surface area contributed by atoms with Gasteiger partial charge in [-0.1, -0.05) is 6.08 Å². The molecule has 0 aromatic heterocycles. The van der Waals surface area contributed by atoms with Gasteiger partial charge in [0.15, 0.2) is 0 Å². The Labute approximate surface area is 121 Å². The minimum atomic E-state index is -3.36. The van der Waals surface area contributed by atoms with E-state index in [1.807, 2.05) is 11.8 Å². The van der Waals surface area contributed by atoms with Crippen molar-refractivity contribution in [1.82, 2.24) is 18.8 Å². The van der Waals surface area contributed by atoms with Gasteiger partial charge in [-0.15, -0.1) is 6.58 Å². The van der Waals surface area contributed by atoms with Crippen molar-refractivity contribution in [3.05, 3.63) is 12.7 Å². The first-order valence-electron chi connectivity index (χ1n) is 6.61. The minimum absolute atomic E-state index is 0.0613. The molecule has 0 aromatic carbocycles. The predicted molar refractivity (Wildman–Crippen MR) is 78.4 cm³/mol. The highest BCUT2D eigenvalue weighted by molar-refractivity contribution is 7.86. The highest BCUT2D eigenvalue weighted by Crippen LogP contribution is 2.11. The van der Waals surface area contributed by atoms with Crippen LogP contribution in [0, 0.1) is 0 Å². The Morgan fingerprint density at radius 1 is 1.35 bits per heavy atom. The first kappa shape index (κ1) is 17.1. The van der Waals surface area contributed by atoms with Gasteiger partial charge < -0.3 is 5.32 Å². The van der Waals surface area contributed by atoms with Crippen molar-refractivity contribution in [1.29, 1.82) is 0 Å². The van der Waals surface area contributed by atoms with Gasteiger partial charge in [0, 0.05) is 46.8 Å². The van der Waals surface area contributed by atoms with Crippen LogP contribution in [-0.4, -0.2) is 80.7 Å². The zero-order valence-corrected chi connectivity index (χ0v) is 13.2. The molecule has 8 heteroatoms. The Morgan fingerprint density at radius 2 is 1.90 bits per heavy atom. The van der Waals surface area contributed by atoms with E-state index in [0.29, 0.717) is 32.7 Å². The van der Waals surface area contributed by atoms with Crippen LogP contribution >= 0.6 is 0 Å². The highest BCUT2D eigenvalue weighted by Gasteiger charge is 2.31. The highest BCUT2D eigenvalue weighted by atomic mass is 32.2. The fourth-order valence-electron chi connectivity index (χ4n) is 2.04. The van der Waals surface area contributed by atoms with Gasteiger partial charge in [-0.3, -0.25) is 9.69 Å². The maximum Gasteiger partial charge on any atom is 0.281 e. The van der Waals surface area contributed by atoms with Gasteiger partial charge in [0.1, 0.15) is 0 Å². The van der Waals surface area contributed by atoms with Crippen LogP contribution in [0.5, 0.6) is 0 Å². The summed E-state index contributed by atoms with van der Waals surface area (Å²) in [5.74, 6) is -0.0613. The van der Waals surface area contributed by atoms with Gasteiger partial charge in [-0.05, 0) is 6.92 Å². The molecule has 1 aliphatic heterocycles. The molecular weight excluding hydrogens is 280 g/mol. The largest absolute Gasteiger partial charge is 0.351 e. The van der Waals surface area contributed by atoms with Crippen molar-refractivity contribution in [3.63, 3.8) is 0 Å². The summed E-state index contributed by atoms with van der Waals surface area (Å²) in [5, 5.41) is 2.75. The monoisotopic (exact) mass is 304 g/mol. The number of hydrogen-bond donors (Lipinski definition) is 1. The molecule has 1 atom stereocenters. The fraction of sp³-hybridized carbons (Fsp3) is 0.750. The van der Waals surface area contributed by atoms with Gasteiger partial charge >= 0.3 is 0 Å². The average Bonchev–Trinajstić information content (AvgIpc) is 2.43. The molecule has 0 radical (unpaired) electrons. The molecule has 1 aliphatic rings.